The molecule has 0 aliphatic heterocycles. The number of hydrazone groups is 1. The Bertz CT molecular complexity index is 1430. The van der Waals surface area contributed by atoms with Crippen molar-refractivity contribution < 1.29 is 23.8 Å². The maximum atomic E-state index is 12.9. The molecule has 0 heterocycles. The van der Waals surface area contributed by atoms with E-state index in [1.807, 2.05) is 42.5 Å². The molecule has 0 radical (unpaired) electrons. The number of hydrogen-bond donors (Lipinski definition) is 1. The van der Waals surface area contributed by atoms with Crippen LogP contribution in [0, 0.1) is 3.57 Å². The monoisotopic (exact) mass is 580 g/mol. The van der Waals surface area contributed by atoms with Gasteiger partial charge in [0, 0.05) is 9.13 Å². The Balaban J connectivity index is 1.64. The minimum atomic E-state index is -0.571. The summed E-state index contributed by atoms with van der Waals surface area (Å²) in [6.45, 7) is 0. The van der Waals surface area contributed by atoms with Gasteiger partial charge < -0.3 is 14.2 Å². The first kappa shape index (κ1) is 24.2. The average Bonchev–Trinajstić information content (AvgIpc) is 2.89. The Morgan fingerprint density at radius 1 is 0.857 bits per heavy atom. The standard InChI is InChI=1S/C27H21IN2O5/c1-33-24-14-12-18(15-25(24)34-2)27(32)35-23-13-11-17-7-3-4-8-19(17)21(23)16-29-30-26(31)20-9-5-6-10-22(20)28/h3-16H,1-2H3,(H,30,31). The van der Waals surface area contributed by atoms with E-state index in [1.165, 1.54) is 20.4 Å². The Kier molecular flexibility index (Phi) is 7.61. The maximum absolute atomic E-state index is 12.9. The molecule has 0 aromatic heterocycles. The van der Waals surface area contributed by atoms with Crippen molar-refractivity contribution in [3.63, 3.8) is 0 Å². The zero-order chi connectivity index (χ0) is 24.8. The number of carbonyl (C=O) groups is 2. The lowest BCUT2D eigenvalue weighted by molar-refractivity contribution is 0.0734. The molecular formula is C27H21IN2O5. The second kappa shape index (κ2) is 11.0. The van der Waals surface area contributed by atoms with Crippen molar-refractivity contribution in [1.29, 1.82) is 0 Å². The van der Waals surface area contributed by atoms with Crippen LogP contribution in [0.3, 0.4) is 0 Å². The fourth-order valence-electron chi connectivity index (χ4n) is 3.48. The molecule has 0 aliphatic carbocycles. The second-order valence-corrected chi connectivity index (χ2v) is 8.50. The third-order valence-electron chi connectivity index (χ3n) is 5.23. The number of benzene rings is 4. The molecule has 0 unspecified atom stereocenters. The molecule has 8 heteroatoms. The van der Waals surface area contributed by atoms with Crippen molar-refractivity contribution >= 4 is 51.5 Å². The molecule has 0 atom stereocenters. The predicted molar refractivity (Wildman–Crippen MR) is 143 cm³/mol. The summed E-state index contributed by atoms with van der Waals surface area (Å²) in [5.41, 5.74) is 3.92. The van der Waals surface area contributed by atoms with Gasteiger partial charge in [-0.2, -0.15) is 5.10 Å². The van der Waals surface area contributed by atoms with Crippen LogP contribution in [0.5, 0.6) is 17.2 Å². The van der Waals surface area contributed by atoms with Crippen molar-refractivity contribution in [2.24, 2.45) is 5.10 Å². The van der Waals surface area contributed by atoms with Crippen LogP contribution in [0.15, 0.2) is 84.0 Å². The van der Waals surface area contributed by atoms with Gasteiger partial charge in [0.25, 0.3) is 5.91 Å². The zero-order valence-electron chi connectivity index (χ0n) is 18.9. The van der Waals surface area contributed by atoms with E-state index in [2.05, 4.69) is 33.1 Å². The number of nitrogens with one attached hydrogen (secondary N) is 1. The first-order valence-corrected chi connectivity index (χ1v) is 11.6. The summed E-state index contributed by atoms with van der Waals surface area (Å²) in [4.78, 5) is 25.5. The molecule has 4 aromatic rings. The minimum Gasteiger partial charge on any atom is -0.493 e. The van der Waals surface area contributed by atoms with Gasteiger partial charge in [-0.15, -0.1) is 0 Å². The van der Waals surface area contributed by atoms with Crippen molar-refractivity contribution in [3.8, 4) is 17.2 Å². The maximum Gasteiger partial charge on any atom is 0.343 e. The third kappa shape index (κ3) is 5.43. The van der Waals surface area contributed by atoms with Crippen molar-refractivity contribution in [2.75, 3.05) is 14.2 Å². The molecule has 4 rings (SSSR count). The molecule has 176 valence electrons. The van der Waals surface area contributed by atoms with Crippen LogP contribution < -0.4 is 19.6 Å². The number of ether oxygens (including phenoxy) is 3. The molecule has 0 spiro atoms. The lowest BCUT2D eigenvalue weighted by Crippen LogP contribution is -2.19. The Hall–Kier alpha value is -3.92. The molecule has 0 aliphatic rings. The van der Waals surface area contributed by atoms with Crippen LogP contribution in [0.25, 0.3) is 10.8 Å². The molecular weight excluding hydrogens is 559 g/mol. The number of rotatable bonds is 7. The van der Waals surface area contributed by atoms with E-state index in [0.29, 0.717) is 33.9 Å². The molecule has 1 N–H and O–H groups in total. The lowest BCUT2D eigenvalue weighted by atomic mass is 10.0. The van der Waals surface area contributed by atoms with Crippen LogP contribution in [-0.4, -0.2) is 32.3 Å². The van der Waals surface area contributed by atoms with Crippen molar-refractivity contribution in [3.05, 3.63) is 99.1 Å². The number of methoxy groups -OCH3 is 2. The van der Waals surface area contributed by atoms with Gasteiger partial charge in [0.2, 0.25) is 0 Å². The fourth-order valence-corrected chi connectivity index (χ4v) is 4.11. The van der Waals surface area contributed by atoms with Crippen LogP contribution in [-0.2, 0) is 0 Å². The summed E-state index contributed by atoms with van der Waals surface area (Å²) in [5, 5.41) is 5.90. The van der Waals surface area contributed by atoms with Crippen molar-refractivity contribution in [2.45, 2.75) is 0 Å². The Labute approximate surface area is 215 Å². The quantitative estimate of drug-likeness (QED) is 0.103. The first-order valence-electron chi connectivity index (χ1n) is 10.6. The highest BCUT2D eigenvalue weighted by molar-refractivity contribution is 14.1. The molecule has 0 saturated heterocycles. The van der Waals surface area contributed by atoms with Crippen LogP contribution in [0.2, 0.25) is 0 Å². The highest BCUT2D eigenvalue weighted by Crippen LogP contribution is 2.30. The summed E-state index contributed by atoms with van der Waals surface area (Å²) < 4.78 is 17.1. The Morgan fingerprint density at radius 3 is 2.34 bits per heavy atom. The number of amides is 1. The highest BCUT2D eigenvalue weighted by atomic mass is 127. The molecule has 7 nitrogen and oxygen atoms in total. The van der Waals surface area contributed by atoms with E-state index in [1.54, 1.807) is 36.4 Å². The van der Waals surface area contributed by atoms with Gasteiger partial charge in [-0.1, -0.05) is 42.5 Å². The fraction of sp³-hybridized carbons (Fsp3) is 0.0741. The summed E-state index contributed by atoms with van der Waals surface area (Å²) in [5.74, 6) is 0.316. The van der Waals surface area contributed by atoms with Gasteiger partial charge in [0.15, 0.2) is 11.5 Å². The summed E-state index contributed by atoms with van der Waals surface area (Å²) in [7, 11) is 3.02. The second-order valence-electron chi connectivity index (χ2n) is 7.34. The lowest BCUT2D eigenvalue weighted by Gasteiger charge is -2.12. The van der Waals surface area contributed by atoms with Gasteiger partial charge in [-0.25, -0.2) is 10.2 Å². The molecule has 0 fully saturated rings. The number of esters is 1. The SMILES string of the molecule is COc1ccc(C(=O)Oc2ccc3ccccc3c2C=NNC(=O)c2ccccc2I)cc1OC. The molecule has 0 bridgehead atoms. The Morgan fingerprint density at radius 2 is 1.57 bits per heavy atom. The summed E-state index contributed by atoms with van der Waals surface area (Å²) in [6, 6.07) is 23.2. The number of nitrogens with zero attached hydrogens (tertiary/aromatic N) is 1. The van der Waals surface area contributed by atoms with Gasteiger partial charge >= 0.3 is 5.97 Å². The number of halogens is 1. The average molecular weight is 580 g/mol. The van der Waals surface area contributed by atoms with Crippen molar-refractivity contribution in [1.82, 2.24) is 5.43 Å². The molecule has 35 heavy (non-hydrogen) atoms. The minimum absolute atomic E-state index is 0.297. The van der Waals surface area contributed by atoms with Crippen LogP contribution >= 0.6 is 22.6 Å². The van der Waals surface area contributed by atoms with E-state index < -0.39 is 5.97 Å². The van der Waals surface area contributed by atoms with Crippen LogP contribution in [0.1, 0.15) is 26.3 Å². The van der Waals surface area contributed by atoms with E-state index in [9.17, 15) is 9.59 Å². The van der Waals surface area contributed by atoms with E-state index in [0.717, 1.165) is 14.3 Å². The van der Waals surface area contributed by atoms with E-state index >= 15 is 0 Å². The van der Waals surface area contributed by atoms with E-state index in [-0.39, 0.29) is 5.91 Å². The van der Waals surface area contributed by atoms with Gasteiger partial charge in [-0.3, -0.25) is 4.79 Å². The summed E-state index contributed by atoms with van der Waals surface area (Å²) in [6.07, 6.45) is 1.48. The zero-order valence-corrected chi connectivity index (χ0v) is 21.1. The topological polar surface area (TPSA) is 86.2 Å². The third-order valence-corrected chi connectivity index (χ3v) is 6.17. The number of hydrogen-bond acceptors (Lipinski definition) is 6. The highest BCUT2D eigenvalue weighted by Gasteiger charge is 2.16. The normalized spacial score (nSPS) is 10.8. The predicted octanol–water partition coefficient (Wildman–Crippen LogP) is 5.44. The van der Waals surface area contributed by atoms with Gasteiger partial charge in [0.05, 0.1) is 31.6 Å². The van der Waals surface area contributed by atoms with Crippen LogP contribution in [0.4, 0.5) is 0 Å². The number of carbonyl (C=O) groups excluding carboxylic acids is 2. The van der Waals surface area contributed by atoms with Gasteiger partial charge in [0.1, 0.15) is 5.75 Å². The van der Waals surface area contributed by atoms with E-state index in [4.69, 9.17) is 14.2 Å². The largest absolute Gasteiger partial charge is 0.493 e. The van der Waals surface area contributed by atoms with Gasteiger partial charge in [-0.05, 0) is 69.8 Å². The first-order chi connectivity index (χ1) is 17.0. The summed E-state index contributed by atoms with van der Waals surface area (Å²) >= 11 is 2.10. The number of fused-ring (bicyclic) bond motifs is 1. The smallest absolute Gasteiger partial charge is 0.343 e. The molecule has 4 aromatic carbocycles. The molecule has 1 amide bonds. The molecule has 0 saturated carbocycles.